The summed E-state index contributed by atoms with van der Waals surface area (Å²) in [5, 5.41) is 3.76. The van der Waals surface area contributed by atoms with Gasteiger partial charge in [-0.05, 0) is 50.1 Å². The van der Waals surface area contributed by atoms with Crippen LogP contribution in [0.15, 0.2) is 24.3 Å². The summed E-state index contributed by atoms with van der Waals surface area (Å²) in [6.45, 7) is 6.28. The highest BCUT2D eigenvalue weighted by molar-refractivity contribution is 5.55. The highest BCUT2D eigenvalue weighted by atomic mass is 16.5. The van der Waals surface area contributed by atoms with Crippen LogP contribution in [-0.2, 0) is 4.74 Å². The number of hydrogen-bond donors (Lipinski definition) is 1. The first-order valence-electron chi connectivity index (χ1n) is 8.33. The number of fused-ring (bicyclic) bond motifs is 1. The molecule has 2 unspecified atom stereocenters. The third-order valence-electron chi connectivity index (χ3n) is 5.20. The van der Waals surface area contributed by atoms with E-state index in [0.29, 0.717) is 6.04 Å². The first-order valence-corrected chi connectivity index (χ1v) is 8.33. The predicted octanol–water partition coefficient (Wildman–Crippen LogP) is 2.17. The molecule has 0 spiro atoms. The zero-order valence-corrected chi connectivity index (χ0v) is 12.6. The smallest absolute Gasteiger partial charge is 0.0642 e. The third kappa shape index (κ3) is 2.74. The van der Waals surface area contributed by atoms with E-state index in [2.05, 4.69) is 39.4 Å². The van der Waals surface area contributed by atoms with Gasteiger partial charge in [0.15, 0.2) is 0 Å². The Morgan fingerprint density at radius 2 is 1.76 bits per heavy atom. The number of hydrogen-bond acceptors (Lipinski definition) is 4. The lowest BCUT2D eigenvalue weighted by molar-refractivity contribution is 0.122. The largest absolute Gasteiger partial charge is 0.381 e. The Morgan fingerprint density at radius 1 is 0.952 bits per heavy atom. The molecular formula is C17H25N3O. The predicted molar refractivity (Wildman–Crippen MR) is 86.1 cm³/mol. The maximum absolute atomic E-state index is 5.42. The molecule has 4 heteroatoms. The van der Waals surface area contributed by atoms with Crippen LogP contribution in [0.5, 0.6) is 0 Å². The van der Waals surface area contributed by atoms with Crippen molar-refractivity contribution in [2.45, 2.75) is 31.3 Å². The summed E-state index contributed by atoms with van der Waals surface area (Å²) in [4.78, 5) is 5.06. The lowest BCUT2D eigenvalue weighted by Gasteiger charge is -2.29. The van der Waals surface area contributed by atoms with Crippen molar-refractivity contribution in [3.63, 3.8) is 0 Å². The zero-order valence-electron chi connectivity index (χ0n) is 12.6. The second-order valence-electron chi connectivity index (χ2n) is 6.43. The second kappa shape index (κ2) is 5.85. The van der Waals surface area contributed by atoms with E-state index in [0.717, 1.165) is 32.3 Å². The molecular weight excluding hydrogens is 262 g/mol. The molecule has 3 heterocycles. The minimum atomic E-state index is 0.640. The number of ether oxygens (including phenoxy) is 1. The van der Waals surface area contributed by atoms with Crippen LogP contribution in [0.2, 0.25) is 0 Å². The second-order valence-corrected chi connectivity index (χ2v) is 6.43. The zero-order chi connectivity index (χ0) is 14.1. The summed E-state index contributed by atoms with van der Waals surface area (Å²) in [6.07, 6.45) is 4.03. The number of nitrogens with one attached hydrogen (secondary N) is 1. The van der Waals surface area contributed by atoms with Gasteiger partial charge in [-0.1, -0.05) is 0 Å². The fraction of sp³-hybridized carbons (Fsp3) is 0.647. The summed E-state index contributed by atoms with van der Waals surface area (Å²) < 4.78 is 5.42. The number of morpholine rings is 1. The van der Waals surface area contributed by atoms with Crippen LogP contribution in [0.25, 0.3) is 0 Å². The first-order chi connectivity index (χ1) is 10.4. The number of benzene rings is 1. The summed E-state index contributed by atoms with van der Waals surface area (Å²) >= 11 is 0. The van der Waals surface area contributed by atoms with Crippen LogP contribution in [0.3, 0.4) is 0 Å². The lowest BCUT2D eigenvalue weighted by atomic mass is 10.1. The molecule has 4 nitrogen and oxygen atoms in total. The van der Waals surface area contributed by atoms with E-state index in [1.54, 1.807) is 0 Å². The molecule has 3 fully saturated rings. The van der Waals surface area contributed by atoms with E-state index >= 15 is 0 Å². The van der Waals surface area contributed by atoms with Gasteiger partial charge < -0.3 is 15.0 Å². The van der Waals surface area contributed by atoms with E-state index in [1.165, 1.54) is 43.7 Å². The van der Waals surface area contributed by atoms with Gasteiger partial charge in [-0.2, -0.15) is 0 Å². The molecule has 0 saturated carbocycles. The van der Waals surface area contributed by atoms with Crippen LogP contribution in [0.1, 0.15) is 19.3 Å². The van der Waals surface area contributed by atoms with Gasteiger partial charge in [0.2, 0.25) is 0 Å². The van der Waals surface area contributed by atoms with Crippen molar-refractivity contribution in [1.82, 2.24) is 4.90 Å². The Kier molecular flexibility index (Phi) is 3.74. The molecule has 0 radical (unpaired) electrons. The molecule has 1 aromatic rings. The Hall–Kier alpha value is -1.26. The van der Waals surface area contributed by atoms with Crippen molar-refractivity contribution in [3.8, 4) is 0 Å². The SMILES string of the molecule is c1cc(N2CCOCC2)ccc1NC1CCN2CCCC12. The monoisotopic (exact) mass is 287 g/mol. The average molecular weight is 287 g/mol. The quantitative estimate of drug-likeness (QED) is 0.922. The first kappa shape index (κ1) is 13.4. The summed E-state index contributed by atoms with van der Waals surface area (Å²) in [5.41, 5.74) is 2.59. The fourth-order valence-corrected chi connectivity index (χ4v) is 4.05. The highest BCUT2D eigenvalue weighted by Crippen LogP contribution is 2.30. The Balaban J connectivity index is 1.39. The van der Waals surface area contributed by atoms with Gasteiger partial charge in [0.25, 0.3) is 0 Å². The highest BCUT2D eigenvalue weighted by Gasteiger charge is 2.36. The molecule has 2 atom stereocenters. The summed E-state index contributed by atoms with van der Waals surface area (Å²) in [7, 11) is 0. The van der Waals surface area contributed by atoms with Gasteiger partial charge in [0.05, 0.1) is 13.2 Å². The molecule has 0 aliphatic carbocycles. The Bertz CT molecular complexity index is 469. The van der Waals surface area contributed by atoms with Crippen molar-refractivity contribution >= 4 is 11.4 Å². The minimum Gasteiger partial charge on any atom is -0.381 e. The van der Waals surface area contributed by atoms with E-state index in [9.17, 15) is 0 Å². The molecule has 3 aliphatic heterocycles. The van der Waals surface area contributed by atoms with E-state index < -0.39 is 0 Å². The van der Waals surface area contributed by atoms with Crippen LogP contribution in [0.4, 0.5) is 11.4 Å². The maximum atomic E-state index is 5.42. The molecule has 1 aromatic carbocycles. The maximum Gasteiger partial charge on any atom is 0.0642 e. The summed E-state index contributed by atoms with van der Waals surface area (Å²) in [5.74, 6) is 0. The number of nitrogens with zero attached hydrogens (tertiary/aromatic N) is 2. The van der Waals surface area contributed by atoms with Crippen molar-refractivity contribution < 1.29 is 4.74 Å². The standard InChI is InChI=1S/C17H25N3O/c1-2-17-16(7-9-20(17)8-1)18-14-3-5-15(6-4-14)19-10-12-21-13-11-19/h3-6,16-18H,1-2,7-13H2. The van der Waals surface area contributed by atoms with Gasteiger partial charge in [-0.3, -0.25) is 4.90 Å². The molecule has 0 bridgehead atoms. The topological polar surface area (TPSA) is 27.7 Å². The Morgan fingerprint density at radius 3 is 2.57 bits per heavy atom. The number of rotatable bonds is 3. The molecule has 21 heavy (non-hydrogen) atoms. The average Bonchev–Trinajstić information content (AvgIpc) is 3.14. The van der Waals surface area contributed by atoms with Gasteiger partial charge in [0.1, 0.15) is 0 Å². The van der Waals surface area contributed by atoms with E-state index in [-0.39, 0.29) is 0 Å². The van der Waals surface area contributed by atoms with Crippen LogP contribution < -0.4 is 10.2 Å². The van der Waals surface area contributed by atoms with Crippen LogP contribution in [-0.4, -0.2) is 56.4 Å². The van der Waals surface area contributed by atoms with Crippen molar-refractivity contribution in [1.29, 1.82) is 0 Å². The van der Waals surface area contributed by atoms with Gasteiger partial charge in [0, 0.05) is 43.1 Å². The molecule has 3 saturated heterocycles. The fourth-order valence-electron chi connectivity index (χ4n) is 4.05. The van der Waals surface area contributed by atoms with Gasteiger partial charge >= 0.3 is 0 Å². The Labute approximate surface area is 127 Å². The molecule has 3 aliphatic rings. The third-order valence-corrected chi connectivity index (χ3v) is 5.20. The van der Waals surface area contributed by atoms with E-state index in [4.69, 9.17) is 4.74 Å². The van der Waals surface area contributed by atoms with Crippen molar-refractivity contribution in [2.75, 3.05) is 49.6 Å². The summed E-state index contributed by atoms with van der Waals surface area (Å²) in [6, 6.07) is 10.4. The molecule has 114 valence electrons. The minimum absolute atomic E-state index is 0.640. The lowest BCUT2D eigenvalue weighted by Crippen LogP contribution is -2.36. The van der Waals surface area contributed by atoms with E-state index in [1.807, 2.05) is 0 Å². The molecule has 4 rings (SSSR count). The number of anilines is 2. The van der Waals surface area contributed by atoms with Crippen LogP contribution >= 0.6 is 0 Å². The molecule has 0 amide bonds. The normalized spacial score (nSPS) is 29.6. The van der Waals surface area contributed by atoms with Crippen molar-refractivity contribution in [2.24, 2.45) is 0 Å². The molecule has 1 N–H and O–H groups in total. The van der Waals surface area contributed by atoms with Crippen LogP contribution in [0, 0.1) is 0 Å². The van der Waals surface area contributed by atoms with Crippen molar-refractivity contribution in [3.05, 3.63) is 24.3 Å². The van der Waals surface area contributed by atoms with Gasteiger partial charge in [-0.15, -0.1) is 0 Å². The molecule has 0 aromatic heterocycles. The van der Waals surface area contributed by atoms with Gasteiger partial charge in [-0.25, -0.2) is 0 Å².